The van der Waals surface area contributed by atoms with Gasteiger partial charge in [0.15, 0.2) is 0 Å². The molecular formula is C34H28F4N3NaO4. The smallest absolute Gasteiger partial charge is 0.550 e. The monoisotopic (exact) mass is 641 g/mol. The van der Waals surface area contributed by atoms with Crippen molar-refractivity contribution in [1.82, 2.24) is 14.3 Å². The van der Waals surface area contributed by atoms with Crippen LogP contribution in [-0.2, 0) is 30.2 Å². The third kappa shape index (κ3) is 7.96. The quantitative estimate of drug-likeness (QED) is 0.164. The number of nitrogens with zero attached hydrogens (tertiary/aromatic N) is 3. The molecule has 0 atom stereocenters. The molecule has 1 aromatic heterocycles. The number of aliphatic carboxylic acids is 1. The van der Waals surface area contributed by atoms with Crippen LogP contribution in [0.3, 0.4) is 0 Å². The second-order valence-corrected chi connectivity index (χ2v) is 10.3. The van der Waals surface area contributed by atoms with Crippen molar-refractivity contribution >= 4 is 5.97 Å². The largest absolute Gasteiger partial charge is 1.00 e. The molecule has 0 aliphatic heterocycles. The Balaban J connectivity index is 0.00000480. The second kappa shape index (κ2) is 14.9. The maximum atomic E-state index is 14.8. The standard InChI is InChI=1S/C34H29F4N3O4.Na/c1-2-45-30-19-14-24(20-25(30)21-32(42)43)23-12-10-22(11-13-23)6-5-9-31-39-41(27-17-15-26(16-18-27)34(36,37)38)33(44)40(31)29-8-4-3-7-28(29)35;/h3-4,7-8,10-20H,2,5-6,9,21H2,1H3,(H,42,43);/q;+1/p-1. The molecular weight excluding hydrogens is 613 g/mol. The van der Waals surface area contributed by atoms with Crippen molar-refractivity contribution in [2.75, 3.05) is 6.61 Å². The van der Waals surface area contributed by atoms with Crippen molar-refractivity contribution in [3.63, 3.8) is 0 Å². The predicted octanol–water partition coefficient (Wildman–Crippen LogP) is 2.72. The fourth-order valence-electron chi connectivity index (χ4n) is 5.07. The van der Waals surface area contributed by atoms with Crippen LogP contribution in [0, 0.1) is 5.82 Å². The van der Waals surface area contributed by atoms with Crippen molar-refractivity contribution in [2.24, 2.45) is 0 Å². The molecule has 0 saturated carbocycles. The summed E-state index contributed by atoms with van der Waals surface area (Å²) < 4.78 is 61.6. The summed E-state index contributed by atoms with van der Waals surface area (Å²) in [5.74, 6) is -1.08. The number of benzene rings is 4. The topological polar surface area (TPSA) is 89.2 Å². The van der Waals surface area contributed by atoms with Crippen LogP contribution in [0.15, 0.2) is 95.8 Å². The molecule has 1 heterocycles. The third-order valence-corrected chi connectivity index (χ3v) is 7.23. The minimum Gasteiger partial charge on any atom is -0.550 e. The number of carboxylic acids is 1. The van der Waals surface area contributed by atoms with Crippen LogP contribution in [0.2, 0.25) is 0 Å². The number of rotatable bonds is 11. The van der Waals surface area contributed by atoms with Crippen LogP contribution >= 0.6 is 0 Å². The molecule has 232 valence electrons. The molecule has 0 unspecified atom stereocenters. The van der Waals surface area contributed by atoms with E-state index in [1.807, 2.05) is 37.3 Å². The number of carbonyl (C=O) groups is 1. The summed E-state index contributed by atoms with van der Waals surface area (Å²) in [5, 5.41) is 15.6. The van der Waals surface area contributed by atoms with Gasteiger partial charge in [-0.15, -0.1) is 5.10 Å². The maximum absolute atomic E-state index is 14.8. The normalized spacial score (nSPS) is 11.2. The number of ether oxygens (including phenoxy) is 1. The zero-order valence-corrected chi connectivity index (χ0v) is 27.2. The molecule has 0 spiro atoms. The van der Waals surface area contributed by atoms with Crippen molar-refractivity contribution < 1.29 is 61.8 Å². The Labute approximate surface area is 284 Å². The first kappa shape index (κ1) is 34.7. The van der Waals surface area contributed by atoms with Gasteiger partial charge < -0.3 is 14.6 Å². The summed E-state index contributed by atoms with van der Waals surface area (Å²) in [6.45, 7) is 2.22. The minimum absolute atomic E-state index is 0. The molecule has 46 heavy (non-hydrogen) atoms. The van der Waals surface area contributed by atoms with Crippen molar-refractivity contribution in [1.29, 1.82) is 0 Å². The molecule has 0 fully saturated rings. The number of hydrogen-bond acceptors (Lipinski definition) is 5. The van der Waals surface area contributed by atoms with Crippen LogP contribution in [0.4, 0.5) is 17.6 Å². The first-order chi connectivity index (χ1) is 21.5. The number of aromatic nitrogens is 3. The van der Waals surface area contributed by atoms with Gasteiger partial charge in [-0.2, -0.15) is 17.9 Å². The maximum Gasteiger partial charge on any atom is 1.00 e. The number of hydrogen-bond donors (Lipinski definition) is 0. The molecule has 0 aliphatic carbocycles. The van der Waals surface area contributed by atoms with E-state index in [9.17, 15) is 32.3 Å². The second-order valence-electron chi connectivity index (χ2n) is 10.3. The molecule has 12 heteroatoms. The number of para-hydroxylation sites is 1. The van der Waals surface area contributed by atoms with Crippen molar-refractivity contribution in [3.05, 3.63) is 130 Å². The number of halogens is 4. The Morgan fingerprint density at radius 2 is 1.59 bits per heavy atom. The molecule has 0 bridgehead atoms. The summed E-state index contributed by atoms with van der Waals surface area (Å²) in [4.78, 5) is 24.6. The van der Waals surface area contributed by atoms with E-state index in [0.717, 1.165) is 50.2 Å². The molecule has 0 radical (unpaired) electrons. The van der Waals surface area contributed by atoms with E-state index in [-0.39, 0.29) is 59.6 Å². The van der Waals surface area contributed by atoms with E-state index >= 15 is 0 Å². The predicted molar refractivity (Wildman–Crippen MR) is 158 cm³/mol. The first-order valence-electron chi connectivity index (χ1n) is 14.2. The summed E-state index contributed by atoms with van der Waals surface area (Å²) in [6.07, 6.45) is -3.39. The van der Waals surface area contributed by atoms with Crippen LogP contribution in [-0.4, -0.2) is 26.9 Å². The molecule has 5 rings (SSSR count). The number of carbonyl (C=O) groups excluding carboxylic acids is 1. The van der Waals surface area contributed by atoms with E-state index in [4.69, 9.17) is 4.74 Å². The number of aryl methyl sites for hydroxylation is 2. The Bertz CT molecular complexity index is 1870. The zero-order valence-electron chi connectivity index (χ0n) is 25.2. The van der Waals surface area contributed by atoms with E-state index in [0.29, 0.717) is 30.8 Å². The van der Waals surface area contributed by atoms with Gasteiger partial charge >= 0.3 is 41.4 Å². The van der Waals surface area contributed by atoms with Crippen LogP contribution < -0.4 is 45.1 Å². The van der Waals surface area contributed by atoms with Gasteiger partial charge in [-0.3, -0.25) is 0 Å². The van der Waals surface area contributed by atoms with Gasteiger partial charge in [0.25, 0.3) is 0 Å². The van der Waals surface area contributed by atoms with Crippen molar-refractivity contribution in [2.45, 2.75) is 38.8 Å². The zero-order chi connectivity index (χ0) is 32.1. The van der Waals surface area contributed by atoms with Gasteiger partial charge in [-0.05, 0) is 85.0 Å². The Hall–Kier alpha value is -4.19. The summed E-state index contributed by atoms with van der Waals surface area (Å²) in [7, 11) is 0. The molecule has 0 N–H and O–H groups in total. The van der Waals surface area contributed by atoms with E-state index in [2.05, 4.69) is 5.10 Å². The number of alkyl halides is 3. The molecule has 0 saturated heterocycles. The molecule has 7 nitrogen and oxygen atoms in total. The Morgan fingerprint density at radius 3 is 2.22 bits per heavy atom. The van der Waals surface area contributed by atoms with Gasteiger partial charge in [-0.1, -0.05) is 42.5 Å². The average molecular weight is 642 g/mol. The molecule has 0 aliphatic rings. The SMILES string of the molecule is CCOc1ccc(-c2ccc(CCCc3nn(-c4ccc(C(F)(F)F)cc4)c(=O)n3-c3ccccc3F)cc2)cc1CC(=O)[O-].[Na+]. The molecule has 4 aromatic carbocycles. The van der Waals surface area contributed by atoms with E-state index in [1.54, 1.807) is 18.2 Å². The van der Waals surface area contributed by atoms with Crippen LogP contribution in [0.5, 0.6) is 5.75 Å². The van der Waals surface area contributed by atoms with E-state index < -0.39 is 29.2 Å². The fraction of sp³-hybridized carbons (Fsp3) is 0.206. The fourth-order valence-corrected chi connectivity index (χ4v) is 5.07. The third-order valence-electron chi connectivity index (χ3n) is 7.23. The van der Waals surface area contributed by atoms with Gasteiger partial charge in [-0.25, -0.2) is 13.8 Å². The number of carboxylic acid groups (broad SMARTS) is 1. The van der Waals surface area contributed by atoms with Gasteiger partial charge in [0, 0.05) is 24.4 Å². The van der Waals surface area contributed by atoms with Crippen molar-refractivity contribution in [3.8, 4) is 28.3 Å². The molecule has 0 amide bonds. The summed E-state index contributed by atoms with van der Waals surface area (Å²) >= 11 is 0. The molecule has 5 aromatic rings. The average Bonchev–Trinajstić information content (AvgIpc) is 3.33. The van der Waals surface area contributed by atoms with Gasteiger partial charge in [0.1, 0.15) is 17.4 Å². The summed E-state index contributed by atoms with van der Waals surface area (Å²) in [6, 6.07) is 22.8. The van der Waals surface area contributed by atoms with Crippen LogP contribution in [0.1, 0.15) is 35.9 Å². The summed E-state index contributed by atoms with van der Waals surface area (Å²) in [5.41, 5.74) is 1.77. The Kier molecular flexibility index (Phi) is 11.3. The van der Waals surface area contributed by atoms with Gasteiger partial charge in [0.05, 0.1) is 23.5 Å². The Morgan fingerprint density at radius 1 is 0.913 bits per heavy atom. The minimum atomic E-state index is -4.53. The van der Waals surface area contributed by atoms with E-state index in [1.165, 1.54) is 18.2 Å². The first-order valence-corrected chi connectivity index (χ1v) is 14.2. The van der Waals surface area contributed by atoms with Crippen LogP contribution in [0.25, 0.3) is 22.5 Å². The van der Waals surface area contributed by atoms with Gasteiger partial charge in [0.2, 0.25) is 0 Å².